The molecule has 3 rings (SSSR count). The molecule has 0 bridgehead atoms. The molecule has 1 atom stereocenters. The number of likely N-dealkylation sites (tertiary alicyclic amines) is 2. The lowest BCUT2D eigenvalue weighted by Gasteiger charge is -2.30. The largest absolute Gasteiger partial charge is 0.337 e. The van der Waals surface area contributed by atoms with Crippen molar-refractivity contribution in [2.75, 3.05) is 26.2 Å². The summed E-state index contributed by atoms with van der Waals surface area (Å²) in [6.07, 6.45) is 5.94. The van der Waals surface area contributed by atoms with Crippen molar-refractivity contribution in [3.05, 3.63) is 35.6 Å². The summed E-state index contributed by atoms with van der Waals surface area (Å²) in [5.41, 5.74) is 0.470. The molecule has 0 unspecified atom stereocenters. The molecule has 2 aliphatic heterocycles. The molecule has 0 aliphatic carbocycles. The van der Waals surface area contributed by atoms with Gasteiger partial charge in [-0.05, 0) is 57.0 Å². The zero-order chi connectivity index (χ0) is 14.7. The minimum atomic E-state index is -0.341. The number of carbonyl (C=O) groups is 1. The van der Waals surface area contributed by atoms with E-state index in [9.17, 15) is 9.18 Å². The Kier molecular flexibility index (Phi) is 4.54. The first-order valence-corrected chi connectivity index (χ1v) is 8.03. The van der Waals surface area contributed by atoms with Gasteiger partial charge in [0.2, 0.25) is 0 Å². The number of rotatable bonds is 2. The highest BCUT2D eigenvalue weighted by molar-refractivity contribution is 5.94. The van der Waals surface area contributed by atoms with E-state index in [1.54, 1.807) is 12.1 Å². The van der Waals surface area contributed by atoms with Gasteiger partial charge in [0, 0.05) is 24.7 Å². The molecule has 0 saturated carbocycles. The Morgan fingerprint density at radius 2 is 1.86 bits per heavy atom. The molecule has 2 saturated heterocycles. The van der Waals surface area contributed by atoms with Crippen molar-refractivity contribution < 1.29 is 9.18 Å². The second kappa shape index (κ2) is 6.56. The normalized spacial score (nSPS) is 24.0. The van der Waals surface area contributed by atoms with Crippen molar-refractivity contribution in [3.8, 4) is 0 Å². The molecule has 1 amide bonds. The highest BCUT2D eigenvalue weighted by Gasteiger charge is 2.28. The third kappa shape index (κ3) is 3.43. The average Bonchev–Trinajstić information content (AvgIpc) is 2.91. The zero-order valence-electron chi connectivity index (χ0n) is 12.4. The van der Waals surface area contributed by atoms with Crippen molar-refractivity contribution in [3.63, 3.8) is 0 Å². The highest BCUT2D eigenvalue weighted by Crippen LogP contribution is 2.21. The zero-order valence-corrected chi connectivity index (χ0v) is 12.4. The molecule has 4 heteroatoms. The first kappa shape index (κ1) is 14.5. The summed E-state index contributed by atoms with van der Waals surface area (Å²) < 4.78 is 13.3. The van der Waals surface area contributed by atoms with E-state index in [-0.39, 0.29) is 11.7 Å². The van der Waals surface area contributed by atoms with Crippen LogP contribution in [0.5, 0.6) is 0 Å². The highest BCUT2D eigenvalue weighted by atomic mass is 19.1. The van der Waals surface area contributed by atoms with E-state index < -0.39 is 0 Å². The van der Waals surface area contributed by atoms with Gasteiger partial charge in [-0.3, -0.25) is 9.69 Å². The first-order valence-electron chi connectivity index (χ1n) is 8.03. The molecule has 2 aliphatic rings. The van der Waals surface area contributed by atoms with Gasteiger partial charge in [0.1, 0.15) is 5.82 Å². The van der Waals surface area contributed by atoms with Gasteiger partial charge in [-0.1, -0.05) is 12.5 Å². The monoisotopic (exact) mass is 290 g/mol. The minimum absolute atomic E-state index is 0.0272. The van der Waals surface area contributed by atoms with Crippen molar-refractivity contribution in [2.24, 2.45) is 0 Å². The van der Waals surface area contributed by atoms with Crippen LogP contribution < -0.4 is 0 Å². The maximum absolute atomic E-state index is 13.3. The summed E-state index contributed by atoms with van der Waals surface area (Å²) >= 11 is 0. The Bertz CT molecular complexity index is 499. The van der Waals surface area contributed by atoms with E-state index in [0.717, 1.165) is 32.6 Å². The summed E-state index contributed by atoms with van der Waals surface area (Å²) in [6.45, 7) is 3.90. The molecule has 0 aromatic heterocycles. The summed E-state index contributed by atoms with van der Waals surface area (Å²) in [5.74, 6) is -0.368. The van der Waals surface area contributed by atoms with E-state index in [1.165, 1.54) is 37.8 Å². The molecule has 0 radical (unpaired) electrons. The van der Waals surface area contributed by atoms with Crippen LogP contribution in [0.3, 0.4) is 0 Å². The molecule has 1 aromatic carbocycles. The molecular formula is C17H23FN2O. The maximum atomic E-state index is 13.3. The molecule has 114 valence electrons. The van der Waals surface area contributed by atoms with Gasteiger partial charge >= 0.3 is 0 Å². The van der Waals surface area contributed by atoms with Crippen molar-refractivity contribution in [2.45, 2.75) is 38.1 Å². The van der Waals surface area contributed by atoms with E-state index in [4.69, 9.17) is 0 Å². The van der Waals surface area contributed by atoms with Gasteiger partial charge in [-0.15, -0.1) is 0 Å². The molecule has 2 heterocycles. The quantitative estimate of drug-likeness (QED) is 0.836. The summed E-state index contributed by atoms with van der Waals surface area (Å²) in [5, 5.41) is 0. The Labute approximate surface area is 125 Å². The molecule has 2 fully saturated rings. The van der Waals surface area contributed by atoms with Gasteiger partial charge in [0.05, 0.1) is 0 Å². The van der Waals surface area contributed by atoms with Crippen molar-refractivity contribution >= 4 is 5.91 Å². The molecule has 0 spiro atoms. The Balaban J connectivity index is 1.72. The number of carbonyl (C=O) groups excluding carboxylic acids is 1. The van der Waals surface area contributed by atoms with Crippen LogP contribution in [0.1, 0.15) is 42.5 Å². The lowest BCUT2D eigenvalue weighted by atomic mass is 10.1. The smallest absolute Gasteiger partial charge is 0.254 e. The number of amides is 1. The van der Waals surface area contributed by atoms with Crippen LogP contribution in [0.15, 0.2) is 24.3 Å². The number of benzene rings is 1. The average molecular weight is 290 g/mol. The molecule has 21 heavy (non-hydrogen) atoms. The predicted octanol–water partition coefficient (Wildman–Crippen LogP) is 2.92. The van der Waals surface area contributed by atoms with Crippen LogP contribution in [0.2, 0.25) is 0 Å². The summed E-state index contributed by atoms with van der Waals surface area (Å²) in [6, 6.07) is 6.52. The van der Waals surface area contributed by atoms with Crippen LogP contribution in [-0.4, -0.2) is 47.9 Å². The van der Waals surface area contributed by atoms with E-state index in [0.29, 0.717) is 11.6 Å². The van der Waals surface area contributed by atoms with Gasteiger partial charge in [-0.25, -0.2) is 4.39 Å². The Morgan fingerprint density at radius 1 is 1.10 bits per heavy atom. The predicted molar refractivity (Wildman–Crippen MR) is 80.7 cm³/mol. The van der Waals surface area contributed by atoms with Crippen LogP contribution in [-0.2, 0) is 0 Å². The van der Waals surface area contributed by atoms with Crippen LogP contribution in [0, 0.1) is 5.82 Å². The third-order valence-electron chi connectivity index (χ3n) is 4.66. The van der Waals surface area contributed by atoms with Crippen LogP contribution >= 0.6 is 0 Å². The van der Waals surface area contributed by atoms with E-state index in [2.05, 4.69) is 4.90 Å². The fourth-order valence-corrected chi connectivity index (χ4v) is 3.51. The lowest BCUT2D eigenvalue weighted by Crippen LogP contribution is -2.43. The number of halogens is 1. The number of nitrogens with zero attached hydrogens (tertiary/aromatic N) is 2. The molecular weight excluding hydrogens is 267 g/mol. The molecule has 3 nitrogen and oxygen atoms in total. The second-order valence-corrected chi connectivity index (χ2v) is 6.15. The van der Waals surface area contributed by atoms with Gasteiger partial charge in [-0.2, -0.15) is 0 Å². The van der Waals surface area contributed by atoms with Gasteiger partial charge in [0.25, 0.3) is 5.91 Å². The SMILES string of the molecule is O=C(c1cccc(F)c1)N1CCCC[C@@H](N2CCCC2)C1. The number of hydrogen-bond donors (Lipinski definition) is 0. The third-order valence-corrected chi connectivity index (χ3v) is 4.66. The topological polar surface area (TPSA) is 23.6 Å². The Morgan fingerprint density at radius 3 is 2.62 bits per heavy atom. The fourth-order valence-electron chi connectivity index (χ4n) is 3.51. The van der Waals surface area contributed by atoms with Crippen molar-refractivity contribution in [1.82, 2.24) is 9.80 Å². The fraction of sp³-hybridized carbons (Fsp3) is 0.588. The summed E-state index contributed by atoms with van der Waals surface area (Å²) in [4.78, 5) is 17.1. The standard InChI is InChI=1S/C17H23FN2O/c18-15-7-5-6-14(12-15)17(21)20-11-2-1-8-16(13-20)19-9-3-4-10-19/h5-7,12,16H,1-4,8-11,13H2/t16-/m1/s1. The van der Waals surface area contributed by atoms with Crippen molar-refractivity contribution in [1.29, 1.82) is 0 Å². The van der Waals surface area contributed by atoms with Crippen LogP contribution in [0.25, 0.3) is 0 Å². The number of hydrogen-bond acceptors (Lipinski definition) is 2. The lowest BCUT2D eigenvalue weighted by molar-refractivity contribution is 0.0714. The van der Waals surface area contributed by atoms with Gasteiger partial charge in [0.15, 0.2) is 0 Å². The second-order valence-electron chi connectivity index (χ2n) is 6.15. The maximum Gasteiger partial charge on any atom is 0.254 e. The van der Waals surface area contributed by atoms with Gasteiger partial charge < -0.3 is 4.90 Å². The minimum Gasteiger partial charge on any atom is -0.337 e. The Hall–Kier alpha value is -1.42. The molecule has 1 aromatic rings. The van der Waals surface area contributed by atoms with Crippen LogP contribution in [0.4, 0.5) is 4.39 Å². The summed E-state index contributed by atoms with van der Waals surface area (Å²) in [7, 11) is 0. The van der Waals surface area contributed by atoms with E-state index >= 15 is 0 Å². The molecule has 0 N–H and O–H groups in total. The van der Waals surface area contributed by atoms with E-state index in [1.807, 2.05) is 4.90 Å². The first-order chi connectivity index (χ1) is 10.2.